The number of methoxy groups -OCH3 is 1. The number of hydrogen-bond acceptors (Lipinski definition) is 6. The minimum Gasteiger partial charge on any atom is -0.496 e. The number of nitrogens with zero attached hydrogens (tertiary/aromatic N) is 5. The molecule has 1 aromatic heterocycles. The van der Waals surface area contributed by atoms with Crippen LogP contribution < -0.4 is 20.3 Å². The lowest BCUT2D eigenvalue weighted by Gasteiger charge is -2.34. The number of ether oxygens (including phenoxy) is 1. The van der Waals surface area contributed by atoms with E-state index in [0.717, 1.165) is 43.3 Å². The zero-order valence-corrected chi connectivity index (χ0v) is 19.2. The Bertz CT molecular complexity index is 896. The first kappa shape index (κ1) is 23.3. The van der Waals surface area contributed by atoms with Gasteiger partial charge in [-0.25, -0.2) is 9.97 Å². The standard InChI is InChI=1S/C23H33N7O2/c1-18-5-6-20(32-3)19(17-18)7-11-25-22(24-2)26-12-8-21(31)29-13-15-30(16-14-29)23-27-9-4-10-28-23/h4-6,9-10,17H,7-8,11-16H2,1-3H3,(H2,24,25,26). The predicted octanol–water partition coefficient (Wildman–Crippen LogP) is 1.24. The molecule has 9 heteroatoms. The highest BCUT2D eigenvalue weighted by molar-refractivity contribution is 5.81. The molecule has 0 atom stereocenters. The summed E-state index contributed by atoms with van der Waals surface area (Å²) in [4.78, 5) is 29.4. The maximum atomic E-state index is 12.6. The van der Waals surface area contributed by atoms with Gasteiger partial charge >= 0.3 is 0 Å². The number of nitrogens with one attached hydrogen (secondary N) is 2. The van der Waals surface area contributed by atoms with E-state index in [9.17, 15) is 4.79 Å². The summed E-state index contributed by atoms with van der Waals surface area (Å²) in [5.41, 5.74) is 2.37. The van der Waals surface area contributed by atoms with Gasteiger partial charge in [0, 0.05) is 65.1 Å². The van der Waals surface area contributed by atoms with Gasteiger partial charge in [0.05, 0.1) is 7.11 Å². The number of benzene rings is 1. The van der Waals surface area contributed by atoms with Gasteiger partial charge in [-0.1, -0.05) is 17.7 Å². The van der Waals surface area contributed by atoms with E-state index >= 15 is 0 Å². The number of carbonyl (C=O) groups is 1. The van der Waals surface area contributed by atoms with Crippen molar-refractivity contribution < 1.29 is 9.53 Å². The van der Waals surface area contributed by atoms with Crippen LogP contribution in [0.4, 0.5) is 5.95 Å². The number of carbonyl (C=O) groups excluding carboxylic acids is 1. The van der Waals surface area contributed by atoms with Crippen molar-refractivity contribution in [2.45, 2.75) is 19.8 Å². The molecule has 1 amide bonds. The Hall–Kier alpha value is -3.36. The van der Waals surface area contributed by atoms with E-state index in [1.165, 1.54) is 5.56 Å². The maximum Gasteiger partial charge on any atom is 0.225 e. The molecule has 0 spiro atoms. The first-order valence-corrected chi connectivity index (χ1v) is 11.0. The van der Waals surface area contributed by atoms with E-state index in [2.05, 4.69) is 43.5 Å². The number of aliphatic imine (C=N–C) groups is 1. The van der Waals surface area contributed by atoms with E-state index < -0.39 is 0 Å². The average molecular weight is 440 g/mol. The van der Waals surface area contributed by atoms with Crippen molar-refractivity contribution in [3.05, 3.63) is 47.8 Å². The number of hydrogen-bond donors (Lipinski definition) is 2. The zero-order chi connectivity index (χ0) is 22.8. The molecule has 2 heterocycles. The van der Waals surface area contributed by atoms with Gasteiger partial charge in [-0.15, -0.1) is 0 Å². The molecule has 32 heavy (non-hydrogen) atoms. The second-order valence-corrected chi connectivity index (χ2v) is 7.66. The summed E-state index contributed by atoms with van der Waals surface area (Å²) >= 11 is 0. The second kappa shape index (κ2) is 11.9. The molecule has 1 saturated heterocycles. The van der Waals surface area contributed by atoms with Crippen LogP contribution in [0.1, 0.15) is 17.5 Å². The molecule has 9 nitrogen and oxygen atoms in total. The van der Waals surface area contributed by atoms with Crippen LogP contribution in [-0.4, -0.2) is 80.2 Å². The minimum absolute atomic E-state index is 0.145. The van der Waals surface area contributed by atoms with Crippen molar-refractivity contribution >= 4 is 17.8 Å². The third-order valence-corrected chi connectivity index (χ3v) is 5.44. The SMILES string of the molecule is CN=C(NCCC(=O)N1CCN(c2ncccn2)CC1)NCCc1cc(C)ccc1OC. The van der Waals surface area contributed by atoms with Crippen LogP contribution >= 0.6 is 0 Å². The fourth-order valence-corrected chi connectivity index (χ4v) is 3.70. The lowest BCUT2D eigenvalue weighted by molar-refractivity contribution is -0.131. The highest BCUT2D eigenvalue weighted by atomic mass is 16.5. The molecule has 2 N–H and O–H groups in total. The molecule has 2 aromatic rings. The summed E-state index contributed by atoms with van der Waals surface area (Å²) in [6, 6.07) is 7.98. The van der Waals surface area contributed by atoms with Crippen LogP contribution in [-0.2, 0) is 11.2 Å². The fraction of sp³-hybridized carbons (Fsp3) is 0.478. The predicted molar refractivity (Wildman–Crippen MR) is 126 cm³/mol. The van der Waals surface area contributed by atoms with E-state index in [1.54, 1.807) is 32.6 Å². The summed E-state index contributed by atoms with van der Waals surface area (Å²) in [6.07, 6.45) is 4.72. The Kier molecular flexibility index (Phi) is 8.65. The average Bonchev–Trinajstić information content (AvgIpc) is 2.83. The molecule has 172 valence electrons. The molecule has 0 radical (unpaired) electrons. The Morgan fingerprint density at radius 2 is 1.84 bits per heavy atom. The highest BCUT2D eigenvalue weighted by Gasteiger charge is 2.22. The summed E-state index contributed by atoms with van der Waals surface area (Å²) < 4.78 is 5.44. The minimum atomic E-state index is 0.145. The van der Waals surface area contributed by atoms with Crippen molar-refractivity contribution in [2.24, 2.45) is 4.99 Å². The highest BCUT2D eigenvalue weighted by Crippen LogP contribution is 2.19. The topological polar surface area (TPSA) is 95.0 Å². The molecule has 0 unspecified atom stereocenters. The number of piperazine rings is 1. The maximum absolute atomic E-state index is 12.6. The molecule has 3 rings (SSSR count). The molecule has 1 aromatic carbocycles. The van der Waals surface area contributed by atoms with Gasteiger partial charge in [0.1, 0.15) is 5.75 Å². The number of rotatable bonds is 8. The van der Waals surface area contributed by atoms with Crippen molar-refractivity contribution in [1.29, 1.82) is 0 Å². The largest absolute Gasteiger partial charge is 0.496 e. The van der Waals surface area contributed by atoms with Crippen LogP contribution in [0.5, 0.6) is 5.75 Å². The smallest absolute Gasteiger partial charge is 0.225 e. The molecular formula is C23H33N7O2. The number of aromatic nitrogens is 2. The first-order chi connectivity index (χ1) is 15.6. The van der Waals surface area contributed by atoms with Gasteiger partial charge in [0.25, 0.3) is 0 Å². The van der Waals surface area contributed by atoms with Crippen molar-refractivity contribution in [3.8, 4) is 5.75 Å². The van der Waals surface area contributed by atoms with Crippen LogP contribution in [0.25, 0.3) is 0 Å². The number of anilines is 1. The first-order valence-electron chi connectivity index (χ1n) is 11.0. The third kappa shape index (κ3) is 6.57. The summed E-state index contributed by atoms with van der Waals surface area (Å²) in [5.74, 6) is 2.45. The third-order valence-electron chi connectivity index (χ3n) is 5.44. The van der Waals surface area contributed by atoms with E-state index in [1.807, 2.05) is 17.0 Å². The molecule has 0 aliphatic carbocycles. The van der Waals surface area contributed by atoms with Crippen molar-refractivity contribution in [2.75, 3.05) is 58.3 Å². The Morgan fingerprint density at radius 3 is 2.53 bits per heavy atom. The van der Waals surface area contributed by atoms with Crippen LogP contribution in [0.2, 0.25) is 0 Å². The molecule has 1 aliphatic heterocycles. The van der Waals surface area contributed by atoms with E-state index in [0.29, 0.717) is 32.0 Å². The van der Waals surface area contributed by atoms with E-state index in [4.69, 9.17) is 4.74 Å². The van der Waals surface area contributed by atoms with Gasteiger partial charge < -0.3 is 25.2 Å². The molecule has 0 saturated carbocycles. The monoisotopic (exact) mass is 439 g/mol. The van der Waals surface area contributed by atoms with Crippen LogP contribution in [0, 0.1) is 6.92 Å². The Labute approximate surface area is 189 Å². The zero-order valence-electron chi connectivity index (χ0n) is 19.2. The lowest BCUT2D eigenvalue weighted by atomic mass is 10.1. The van der Waals surface area contributed by atoms with Gasteiger partial charge in [-0.2, -0.15) is 0 Å². The molecule has 1 aliphatic rings. The van der Waals surface area contributed by atoms with Crippen molar-refractivity contribution in [1.82, 2.24) is 25.5 Å². The number of aryl methyl sites for hydroxylation is 1. The van der Waals surface area contributed by atoms with Crippen LogP contribution in [0.15, 0.2) is 41.7 Å². The lowest BCUT2D eigenvalue weighted by Crippen LogP contribution is -2.50. The molecule has 0 bridgehead atoms. The van der Waals surface area contributed by atoms with Gasteiger partial charge in [-0.05, 0) is 31.0 Å². The van der Waals surface area contributed by atoms with Crippen LogP contribution in [0.3, 0.4) is 0 Å². The molecule has 1 fully saturated rings. The molecular weight excluding hydrogens is 406 g/mol. The number of guanidine groups is 1. The normalized spacial score (nSPS) is 14.3. The van der Waals surface area contributed by atoms with Gasteiger partial charge in [0.2, 0.25) is 11.9 Å². The van der Waals surface area contributed by atoms with Gasteiger partial charge in [0.15, 0.2) is 5.96 Å². The van der Waals surface area contributed by atoms with E-state index in [-0.39, 0.29) is 5.91 Å². The summed E-state index contributed by atoms with van der Waals surface area (Å²) in [7, 11) is 3.42. The summed E-state index contributed by atoms with van der Waals surface area (Å²) in [5, 5.41) is 6.53. The Balaban J connectivity index is 1.36. The Morgan fingerprint density at radius 1 is 1.12 bits per heavy atom. The number of amides is 1. The summed E-state index contributed by atoms with van der Waals surface area (Å²) in [6.45, 7) is 6.18. The van der Waals surface area contributed by atoms with Crippen molar-refractivity contribution in [3.63, 3.8) is 0 Å². The van der Waals surface area contributed by atoms with Gasteiger partial charge in [-0.3, -0.25) is 9.79 Å². The fourth-order valence-electron chi connectivity index (χ4n) is 3.70. The quantitative estimate of drug-likeness (QED) is 0.472. The second-order valence-electron chi connectivity index (χ2n) is 7.66.